The molecule has 0 aliphatic carbocycles. The fourth-order valence-electron chi connectivity index (χ4n) is 1.12. The Morgan fingerprint density at radius 1 is 1.53 bits per heavy atom. The number of carbonyl (C=O) groups excluding carboxylic acids is 1. The van der Waals surface area contributed by atoms with Crippen molar-refractivity contribution in [2.75, 3.05) is 6.54 Å². The van der Waals surface area contributed by atoms with Crippen molar-refractivity contribution in [3.8, 4) is 0 Å². The summed E-state index contributed by atoms with van der Waals surface area (Å²) in [6.07, 6.45) is 1.78. The molecule has 17 heavy (non-hydrogen) atoms. The predicted octanol–water partition coefficient (Wildman–Crippen LogP) is -0.0600. The number of carboxylic acids is 1. The number of hydrogen-bond donors (Lipinski definition) is 3. The first-order chi connectivity index (χ1) is 7.99. The van der Waals surface area contributed by atoms with Crippen LogP contribution in [0.1, 0.15) is 12.6 Å². The average Bonchev–Trinajstić information content (AvgIpc) is 2.69. The Kier molecular flexibility index (Phi) is 4.50. The van der Waals surface area contributed by atoms with Gasteiger partial charge in [0.25, 0.3) is 0 Å². The zero-order valence-corrected chi connectivity index (χ0v) is 9.80. The average molecular weight is 240 g/mol. The van der Waals surface area contributed by atoms with Gasteiger partial charge in [-0.25, -0.2) is 4.79 Å². The molecule has 7 heteroatoms. The first-order valence-corrected chi connectivity index (χ1v) is 5.22. The molecule has 0 saturated heterocycles. The third kappa shape index (κ3) is 4.54. The van der Waals surface area contributed by atoms with Gasteiger partial charge in [-0.3, -0.25) is 9.48 Å². The van der Waals surface area contributed by atoms with E-state index in [-0.39, 0.29) is 6.54 Å². The Labute approximate surface area is 98.8 Å². The minimum atomic E-state index is -0.935. The summed E-state index contributed by atoms with van der Waals surface area (Å²) in [5.74, 6) is -1.54. The quantitative estimate of drug-likeness (QED) is 0.671. The highest BCUT2D eigenvalue weighted by molar-refractivity contribution is 5.75. The van der Waals surface area contributed by atoms with Gasteiger partial charge in [-0.05, 0) is 6.07 Å². The second-order valence-corrected chi connectivity index (χ2v) is 3.78. The normalized spacial score (nSPS) is 11.9. The molecule has 0 radical (unpaired) electrons. The molecule has 94 valence electrons. The summed E-state index contributed by atoms with van der Waals surface area (Å²) < 4.78 is 1.64. The molecule has 1 atom stereocenters. The van der Waals surface area contributed by atoms with Crippen molar-refractivity contribution in [3.05, 3.63) is 18.0 Å². The van der Waals surface area contributed by atoms with Crippen LogP contribution in [-0.2, 0) is 18.4 Å². The van der Waals surface area contributed by atoms with Gasteiger partial charge >= 0.3 is 12.0 Å². The summed E-state index contributed by atoms with van der Waals surface area (Å²) in [5.41, 5.74) is 0.744. The number of aryl methyl sites for hydroxylation is 1. The third-order valence-electron chi connectivity index (χ3n) is 2.19. The number of nitrogens with zero attached hydrogens (tertiary/aromatic N) is 2. The van der Waals surface area contributed by atoms with Gasteiger partial charge < -0.3 is 15.7 Å². The molecule has 0 fully saturated rings. The molecule has 2 amide bonds. The smallest absolute Gasteiger partial charge is 0.315 e. The highest BCUT2D eigenvalue weighted by atomic mass is 16.4. The van der Waals surface area contributed by atoms with Crippen LogP contribution in [-0.4, -0.2) is 33.4 Å². The van der Waals surface area contributed by atoms with Gasteiger partial charge in [0.1, 0.15) is 0 Å². The van der Waals surface area contributed by atoms with E-state index in [1.165, 1.54) is 6.92 Å². The van der Waals surface area contributed by atoms with Crippen LogP contribution in [0.3, 0.4) is 0 Å². The van der Waals surface area contributed by atoms with Crippen LogP contribution in [0, 0.1) is 5.92 Å². The molecule has 0 aliphatic rings. The Hall–Kier alpha value is -2.05. The molecule has 0 saturated carbocycles. The summed E-state index contributed by atoms with van der Waals surface area (Å²) in [4.78, 5) is 21.8. The third-order valence-corrected chi connectivity index (χ3v) is 2.19. The molecule has 1 aromatic heterocycles. The van der Waals surface area contributed by atoms with Crippen LogP contribution in [0.4, 0.5) is 4.79 Å². The largest absolute Gasteiger partial charge is 0.481 e. The van der Waals surface area contributed by atoms with E-state index in [2.05, 4.69) is 15.7 Å². The van der Waals surface area contributed by atoms with Gasteiger partial charge in [0.05, 0.1) is 18.2 Å². The lowest BCUT2D eigenvalue weighted by atomic mass is 10.2. The molecule has 3 N–H and O–H groups in total. The van der Waals surface area contributed by atoms with Crippen LogP contribution in [0.2, 0.25) is 0 Å². The molecule has 0 aromatic carbocycles. The van der Waals surface area contributed by atoms with E-state index in [0.717, 1.165) is 5.69 Å². The summed E-state index contributed by atoms with van der Waals surface area (Å²) in [5, 5.41) is 17.8. The number of amides is 2. The first-order valence-electron chi connectivity index (χ1n) is 5.22. The lowest BCUT2D eigenvalue weighted by Crippen LogP contribution is -2.38. The van der Waals surface area contributed by atoms with Crippen molar-refractivity contribution in [2.45, 2.75) is 13.5 Å². The number of nitrogens with one attached hydrogen (secondary N) is 2. The number of urea groups is 1. The number of carboxylic acid groups (broad SMARTS) is 1. The molecular weight excluding hydrogens is 224 g/mol. The number of aliphatic carboxylic acids is 1. The van der Waals surface area contributed by atoms with Gasteiger partial charge in [-0.1, -0.05) is 6.92 Å². The van der Waals surface area contributed by atoms with Crippen molar-refractivity contribution in [2.24, 2.45) is 13.0 Å². The maximum atomic E-state index is 11.3. The zero-order chi connectivity index (χ0) is 12.8. The van der Waals surface area contributed by atoms with E-state index in [9.17, 15) is 9.59 Å². The van der Waals surface area contributed by atoms with Gasteiger partial charge in [-0.15, -0.1) is 0 Å². The van der Waals surface area contributed by atoms with Crippen molar-refractivity contribution in [1.29, 1.82) is 0 Å². The van der Waals surface area contributed by atoms with Crippen molar-refractivity contribution in [3.63, 3.8) is 0 Å². The van der Waals surface area contributed by atoms with E-state index in [1.54, 1.807) is 24.0 Å². The van der Waals surface area contributed by atoms with E-state index in [4.69, 9.17) is 5.11 Å². The highest BCUT2D eigenvalue weighted by Gasteiger charge is 2.11. The topological polar surface area (TPSA) is 96.3 Å². The van der Waals surface area contributed by atoms with Crippen LogP contribution in [0.25, 0.3) is 0 Å². The van der Waals surface area contributed by atoms with Crippen LogP contribution in [0.5, 0.6) is 0 Å². The molecular formula is C10H16N4O3. The Morgan fingerprint density at radius 2 is 2.24 bits per heavy atom. The fourth-order valence-corrected chi connectivity index (χ4v) is 1.12. The lowest BCUT2D eigenvalue weighted by Gasteiger charge is -2.08. The minimum absolute atomic E-state index is 0.101. The molecule has 7 nitrogen and oxygen atoms in total. The molecule has 0 spiro atoms. The van der Waals surface area contributed by atoms with Crippen LogP contribution in [0.15, 0.2) is 12.3 Å². The van der Waals surface area contributed by atoms with Crippen LogP contribution < -0.4 is 10.6 Å². The number of rotatable bonds is 5. The zero-order valence-electron chi connectivity index (χ0n) is 9.80. The van der Waals surface area contributed by atoms with Gasteiger partial charge in [0.15, 0.2) is 0 Å². The van der Waals surface area contributed by atoms with Crippen molar-refractivity contribution < 1.29 is 14.7 Å². The molecule has 1 unspecified atom stereocenters. The molecule has 1 aromatic rings. The van der Waals surface area contributed by atoms with Crippen molar-refractivity contribution >= 4 is 12.0 Å². The van der Waals surface area contributed by atoms with E-state index in [0.29, 0.717) is 6.54 Å². The lowest BCUT2D eigenvalue weighted by molar-refractivity contribution is -0.140. The summed E-state index contributed by atoms with van der Waals surface area (Å²) in [6.45, 7) is 1.94. The van der Waals surface area contributed by atoms with Gasteiger partial charge in [0.2, 0.25) is 0 Å². The van der Waals surface area contributed by atoms with Crippen molar-refractivity contribution in [1.82, 2.24) is 20.4 Å². The minimum Gasteiger partial charge on any atom is -0.481 e. The van der Waals surface area contributed by atoms with E-state index >= 15 is 0 Å². The Morgan fingerprint density at radius 3 is 2.76 bits per heavy atom. The first kappa shape index (κ1) is 13.0. The maximum absolute atomic E-state index is 11.3. The highest BCUT2D eigenvalue weighted by Crippen LogP contribution is 1.93. The summed E-state index contributed by atoms with van der Waals surface area (Å²) in [7, 11) is 1.79. The van der Waals surface area contributed by atoms with Crippen LogP contribution >= 0.6 is 0 Å². The second kappa shape index (κ2) is 5.88. The Balaban J connectivity index is 2.24. The summed E-state index contributed by atoms with van der Waals surface area (Å²) in [6, 6.07) is 1.39. The monoisotopic (exact) mass is 240 g/mol. The maximum Gasteiger partial charge on any atom is 0.315 e. The standard InChI is InChI=1S/C10H16N4O3/c1-7(9(15)16)5-11-10(17)12-6-8-3-4-14(2)13-8/h3-4,7H,5-6H2,1-2H3,(H,15,16)(H2,11,12,17). The molecule has 1 rings (SSSR count). The van der Waals surface area contributed by atoms with E-state index < -0.39 is 17.9 Å². The fraction of sp³-hybridized carbons (Fsp3) is 0.500. The van der Waals surface area contributed by atoms with Gasteiger partial charge in [0, 0.05) is 19.8 Å². The molecule has 1 heterocycles. The van der Waals surface area contributed by atoms with Gasteiger partial charge in [-0.2, -0.15) is 5.10 Å². The Bertz CT molecular complexity index is 402. The molecule has 0 bridgehead atoms. The SMILES string of the molecule is CC(CNC(=O)NCc1ccn(C)n1)C(=O)O. The number of hydrogen-bond acceptors (Lipinski definition) is 3. The predicted molar refractivity (Wildman–Crippen MR) is 60.2 cm³/mol. The molecule has 0 aliphatic heterocycles. The van der Waals surface area contributed by atoms with E-state index in [1.807, 2.05) is 0 Å². The second-order valence-electron chi connectivity index (χ2n) is 3.78. The summed E-state index contributed by atoms with van der Waals surface area (Å²) >= 11 is 0. The number of aromatic nitrogens is 2. The number of carbonyl (C=O) groups is 2.